The third-order valence-corrected chi connectivity index (χ3v) is 3.98. The molecule has 0 aliphatic carbocycles. The number of ether oxygens (including phenoxy) is 1. The smallest absolute Gasteiger partial charge is 0.255 e. The maximum Gasteiger partial charge on any atom is 0.255 e. The van der Waals surface area contributed by atoms with Gasteiger partial charge in [0.25, 0.3) is 5.56 Å². The van der Waals surface area contributed by atoms with E-state index in [2.05, 4.69) is 15.3 Å². The molecule has 0 amide bonds. The zero-order valence-corrected chi connectivity index (χ0v) is 14.3. The first-order valence-electron chi connectivity index (χ1n) is 8.03. The van der Waals surface area contributed by atoms with Crippen LogP contribution in [0.2, 0.25) is 0 Å². The average Bonchev–Trinajstić information content (AvgIpc) is 2.66. The van der Waals surface area contributed by atoms with Crippen LogP contribution in [-0.4, -0.2) is 28.2 Å². The number of rotatable bonds is 6. The van der Waals surface area contributed by atoms with Gasteiger partial charge in [-0.2, -0.15) is 0 Å². The SMILES string of the molecule is COc1ccccc1CCNc1nc(-c2ccncc2)cc(=O)n1C. The molecule has 6 nitrogen and oxygen atoms in total. The molecule has 6 heteroatoms. The van der Waals surface area contributed by atoms with E-state index in [-0.39, 0.29) is 5.56 Å². The lowest BCUT2D eigenvalue weighted by Crippen LogP contribution is -2.22. The van der Waals surface area contributed by atoms with Crippen molar-refractivity contribution in [1.82, 2.24) is 14.5 Å². The normalized spacial score (nSPS) is 10.5. The van der Waals surface area contributed by atoms with Crippen LogP contribution < -0.4 is 15.6 Å². The van der Waals surface area contributed by atoms with Crippen LogP contribution >= 0.6 is 0 Å². The Morgan fingerprint density at radius 3 is 2.68 bits per heavy atom. The van der Waals surface area contributed by atoms with Crippen LogP contribution in [0.5, 0.6) is 5.75 Å². The highest BCUT2D eigenvalue weighted by Crippen LogP contribution is 2.18. The van der Waals surface area contributed by atoms with Crippen molar-refractivity contribution in [3.05, 3.63) is 70.8 Å². The van der Waals surface area contributed by atoms with E-state index in [1.54, 1.807) is 26.6 Å². The zero-order chi connectivity index (χ0) is 17.6. The van der Waals surface area contributed by atoms with Gasteiger partial charge in [0.05, 0.1) is 12.8 Å². The predicted molar refractivity (Wildman–Crippen MR) is 97.9 cm³/mol. The Bertz CT molecular complexity index is 907. The number of nitrogens with zero attached hydrogens (tertiary/aromatic N) is 3. The van der Waals surface area contributed by atoms with E-state index < -0.39 is 0 Å². The summed E-state index contributed by atoms with van der Waals surface area (Å²) in [5.41, 5.74) is 2.49. The first kappa shape index (κ1) is 16.7. The van der Waals surface area contributed by atoms with Gasteiger partial charge in [-0.1, -0.05) is 18.2 Å². The first-order valence-corrected chi connectivity index (χ1v) is 8.03. The lowest BCUT2D eigenvalue weighted by molar-refractivity contribution is 0.410. The minimum Gasteiger partial charge on any atom is -0.496 e. The molecule has 0 aliphatic rings. The number of methoxy groups -OCH3 is 1. The Hall–Kier alpha value is -3.15. The maximum atomic E-state index is 12.2. The second-order valence-electron chi connectivity index (χ2n) is 5.59. The molecule has 1 aromatic carbocycles. The van der Waals surface area contributed by atoms with Crippen LogP contribution in [0.25, 0.3) is 11.3 Å². The molecule has 3 rings (SSSR count). The van der Waals surface area contributed by atoms with Crippen LogP contribution in [0.1, 0.15) is 5.56 Å². The summed E-state index contributed by atoms with van der Waals surface area (Å²) < 4.78 is 6.87. The van der Waals surface area contributed by atoms with Gasteiger partial charge in [0.1, 0.15) is 5.75 Å². The Morgan fingerprint density at radius 1 is 1.16 bits per heavy atom. The second-order valence-corrected chi connectivity index (χ2v) is 5.59. The predicted octanol–water partition coefficient (Wildman–Crippen LogP) is 2.51. The third-order valence-electron chi connectivity index (χ3n) is 3.98. The van der Waals surface area contributed by atoms with Gasteiger partial charge >= 0.3 is 0 Å². The topological polar surface area (TPSA) is 69.0 Å². The van der Waals surface area contributed by atoms with Crippen molar-refractivity contribution >= 4 is 5.95 Å². The maximum absolute atomic E-state index is 12.2. The standard InChI is InChI=1S/C19H20N4O2/c1-23-18(24)13-16(14-7-10-20-11-8-14)22-19(23)21-12-9-15-5-3-4-6-17(15)25-2/h3-8,10-11,13H,9,12H2,1-2H3,(H,21,22). The highest BCUT2D eigenvalue weighted by molar-refractivity contribution is 5.59. The van der Waals surface area contributed by atoms with E-state index in [9.17, 15) is 4.79 Å². The Kier molecular flexibility index (Phi) is 5.09. The van der Waals surface area contributed by atoms with Gasteiger partial charge in [-0.3, -0.25) is 14.3 Å². The van der Waals surface area contributed by atoms with E-state index in [1.807, 2.05) is 36.4 Å². The number of pyridine rings is 1. The van der Waals surface area contributed by atoms with Crippen molar-refractivity contribution in [2.45, 2.75) is 6.42 Å². The molecule has 1 N–H and O–H groups in total. The number of anilines is 1. The van der Waals surface area contributed by atoms with Gasteiger partial charge in [0, 0.05) is 37.6 Å². The minimum atomic E-state index is -0.110. The summed E-state index contributed by atoms with van der Waals surface area (Å²) in [5, 5.41) is 3.24. The quantitative estimate of drug-likeness (QED) is 0.749. The fourth-order valence-corrected chi connectivity index (χ4v) is 2.59. The minimum absolute atomic E-state index is 0.110. The Morgan fingerprint density at radius 2 is 1.92 bits per heavy atom. The molecule has 0 saturated heterocycles. The summed E-state index contributed by atoms with van der Waals surface area (Å²) in [6.45, 7) is 0.639. The molecule has 25 heavy (non-hydrogen) atoms. The number of hydrogen-bond donors (Lipinski definition) is 1. The Balaban J connectivity index is 1.78. The van der Waals surface area contributed by atoms with Crippen LogP contribution in [0.15, 0.2) is 59.7 Å². The van der Waals surface area contributed by atoms with E-state index in [4.69, 9.17) is 4.74 Å². The molecule has 0 saturated carbocycles. The van der Waals surface area contributed by atoms with Gasteiger partial charge in [0.15, 0.2) is 0 Å². The molecular formula is C19H20N4O2. The highest BCUT2D eigenvalue weighted by Gasteiger charge is 2.08. The van der Waals surface area contributed by atoms with Gasteiger partial charge in [-0.05, 0) is 30.2 Å². The second kappa shape index (κ2) is 7.61. The molecular weight excluding hydrogens is 316 g/mol. The average molecular weight is 336 g/mol. The van der Waals surface area contributed by atoms with Crippen molar-refractivity contribution in [2.24, 2.45) is 7.05 Å². The van der Waals surface area contributed by atoms with Gasteiger partial charge in [0.2, 0.25) is 5.95 Å². The fourth-order valence-electron chi connectivity index (χ4n) is 2.59. The van der Waals surface area contributed by atoms with Crippen LogP contribution in [0, 0.1) is 0 Å². The molecule has 2 heterocycles. The summed E-state index contributed by atoms with van der Waals surface area (Å²) >= 11 is 0. The molecule has 128 valence electrons. The van der Waals surface area contributed by atoms with Crippen LogP contribution in [-0.2, 0) is 13.5 Å². The molecule has 3 aromatic rings. The fraction of sp³-hybridized carbons (Fsp3) is 0.211. The van der Waals surface area contributed by atoms with Crippen molar-refractivity contribution in [2.75, 3.05) is 19.0 Å². The molecule has 0 fully saturated rings. The van der Waals surface area contributed by atoms with Gasteiger partial charge < -0.3 is 10.1 Å². The van der Waals surface area contributed by atoms with Crippen LogP contribution in [0.4, 0.5) is 5.95 Å². The lowest BCUT2D eigenvalue weighted by Gasteiger charge is -2.13. The number of para-hydroxylation sites is 1. The lowest BCUT2D eigenvalue weighted by atomic mass is 10.1. The number of aromatic nitrogens is 3. The summed E-state index contributed by atoms with van der Waals surface area (Å²) in [5.74, 6) is 1.39. The zero-order valence-electron chi connectivity index (χ0n) is 14.3. The molecule has 0 unspecified atom stereocenters. The molecule has 0 aliphatic heterocycles. The van der Waals surface area contributed by atoms with E-state index in [1.165, 1.54) is 10.6 Å². The number of benzene rings is 1. The highest BCUT2D eigenvalue weighted by atomic mass is 16.5. The summed E-state index contributed by atoms with van der Waals surface area (Å²) in [6.07, 6.45) is 4.13. The van der Waals surface area contributed by atoms with E-state index >= 15 is 0 Å². The molecule has 0 radical (unpaired) electrons. The molecule has 2 aromatic heterocycles. The number of nitrogens with one attached hydrogen (secondary N) is 1. The van der Waals surface area contributed by atoms with Crippen molar-refractivity contribution in [3.63, 3.8) is 0 Å². The molecule has 0 bridgehead atoms. The summed E-state index contributed by atoms with van der Waals surface area (Å²) in [4.78, 5) is 20.8. The molecule has 0 spiro atoms. The third kappa shape index (κ3) is 3.85. The largest absolute Gasteiger partial charge is 0.496 e. The van der Waals surface area contributed by atoms with E-state index in [0.717, 1.165) is 23.3 Å². The Labute approximate surface area is 146 Å². The summed E-state index contributed by atoms with van der Waals surface area (Å²) in [6, 6.07) is 13.1. The van der Waals surface area contributed by atoms with Crippen LogP contribution in [0.3, 0.4) is 0 Å². The monoisotopic (exact) mass is 336 g/mol. The first-order chi connectivity index (χ1) is 12.2. The van der Waals surface area contributed by atoms with Crippen molar-refractivity contribution in [3.8, 4) is 17.0 Å². The number of hydrogen-bond acceptors (Lipinski definition) is 5. The van der Waals surface area contributed by atoms with Crippen molar-refractivity contribution < 1.29 is 4.74 Å². The van der Waals surface area contributed by atoms with Crippen molar-refractivity contribution in [1.29, 1.82) is 0 Å². The summed E-state index contributed by atoms with van der Waals surface area (Å²) in [7, 11) is 3.37. The van der Waals surface area contributed by atoms with Gasteiger partial charge in [-0.15, -0.1) is 0 Å². The van der Waals surface area contributed by atoms with Gasteiger partial charge in [-0.25, -0.2) is 4.98 Å². The molecule has 0 atom stereocenters. The van der Waals surface area contributed by atoms with E-state index in [0.29, 0.717) is 18.2 Å².